The summed E-state index contributed by atoms with van der Waals surface area (Å²) in [6, 6.07) is 14.8. The Balaban J connectivity index is 2.41. The van der Waals surface area contributed by atoms with E-state index in [2.05, 4.69) is 0 Å². The molecular formula is C17H18O4. The summed E-state index contributed by atoms with van der Waals surface area (Å²) in [6.45, 7) is 1.94. The summed E-state index contributed by atoms with van der Waals surface area (Å²) in [4.78, 5) is 11.6. The Kier molecular flexibility index (Phi) is 4.95. The number of methoxy groups -OCH3 is 1. The summed E-state index contributed by atoms with van der Waals surface area (Å²) in [5, 5.41) is 10.0. The van der Waals surface area contributed by atoms with E-state index in [1.54, 1.807) is 32.2 Å². The molecule has 1 unspecified atom stereocenters. The van der Waals surface area contributed by atoms with Crippen molar-refractivity contribution < 1.29 is 19.4 Å². The number of hydrogen-bond donors (Lipinski definition) is 1. The van der Waals surface area contributed by atoms with Gasteiger partial charge in [0.05, 0.1) is 13.7 Å². The first-order valence-corrected chi connectivity index (χ1v) is 6.75. The van der Waals surface area contributed by atoms with Crippen LogP contribution in [0.25, 0.3) is 11.1 Å². The quantitative estimate of drug-likeness (QED) is 0.859. The molecule has 0 aliphatic heterocycles. The average molecular weight is 286 g/mol. The number of hydrogen-bond acceptors (Lipinski definition) is 4. The molecule has 4 nitrogen and oxygen atoms in total. The van der Waals surface area contributed by atoms with Crippen LogP contribution in [-0.4, -0.2) is 24.8 Å². The Morgan fingerprint density at radius 1 is 1.19 bits per heavy atom. The topological polar surface area (TPSA) is 55.8 Å². The Hall–Kier alpha value is -2.33. The molecule has 0 spiro atoms. The summed E-state index contributed by atoms with van der Waals surface area (Å²) in [5.74, 6) is 0.0303. The zero-order valence-corrected chi connectivity index (χ0v) is 12.1. The molecule has 0 bridgehead atoms. The van der Waals surface area contributed by atoms with Crippen molar-refractivity contribution in [2.45, 2.75) is 13.0 Å². The third-order valence-corrected chi connectivity index (χ3v) is 3.13. The van der Waals surface area contributed by atoms with Gasteiger partial charge in [-0.25, -0.2) is 4.79 Å². The Morgan fingerprint density at radius 3 is 2.52 bits per heavy atom. The van der Waals surface area contributed by atoms with Crippen molar-refractivity contribution in [3.05, 3.63) is 54.1 Å². The molecule has 0 saturated carbocycles. The highest BCUT2D eigenvalue weighted by atomic mass is 16.5. The minimum absolute atomic E-state index is 0.234. The van der Waals surface area contributed by atoms with Crippen LogP contribution in [0.4, 0.5) is 0 Å². The summed E-state index contributed by atoms with van der Waals surface area (Å²) in [6.07, 6.45) is -1.29. The highest BCUT2D eigenvalue weighted by Crippen LogP contribution is 2.32. The first-order chi connectivity index (χ1) is 10.2. The lowest BCUT2D eigenvalue weighted by molar-refractivity contribution is -0.153. The van der Waals surface area contributed by atoms with E-state index < -0.39 is 12.1 Å². The van der Waals surface area contributed by atoms with Crippen LogP contribution >= 0.6 is 0 Å². The van der Waals surface area contributed by atoms with Gasteiger partial charge in [-0.05, 0) is 30.2 Å². The maximum atomic E-state index is 11.6. The van der Waals surface area contributed by atoms with Crippen LogP contribution in [0.3, 0.4) is 0 Å². The van der Waals surface area contributed by atoms with Crippen molar-refractivity contribution in [3.8, 4) is 16.9 Å². The van der Waals surface area contributed by atoms with Crippen molar-refractivity contribution >= 4 is 5.97 Å². The van der Waals surface area contributed by atoms with Crippen molar-refractivity contribution in [2.24, 2.45) is 0 Å². The van der Waals surface area contributed by atoms with Crippen LogP contribution < -0.4 is 4.74 Å². The SMILES string of the molecule is CCOC(=O)C(O)c1ccc(OC)c(-c2ccccc2)c1. The van der Waals surface area contributed by atoms with Gasteiger partial charge in [0.2, 0.25) is 0 Å². The third kappa shape index (κ3) is 3.41. The van der Waals surface area contributed by atoms with E-state index in [1.165, 1.54) is 0 Å². The second-order valence-corrected chi connectivity index (χ2v) is 4.48. The highest BCUT2D eigenvalue weighted by Gasteiger charge is 2.20. The van der Waals surface area contributed by atoms with Gasteiger partial charge in [0, 0.05) is 5.56 Å². The second kappa shape index (κ2) is 6.90. The Bertz CT molecular complexity index is 607. The van der Waals surface area contributed by atoms with Gasteiger partial charge in [-0.3, -0.25) is 0 Å². The van der Waals surface area contributed by atoms with Crippen LogP contribution in [0.5, 0.6) is 5.75 Å². The van der Waals surface area contributed by atoms with E-state index in [9.17, 15) is 9.90 Å². The first kappa shape index (κ1) is 15.1. The zero-order valence-electron chi connectivity index (χ0n) is 12.1. The summed E-state index contributed by atoms with van der Waals surface area (Å²) < 4.78 is 10.2. The van der Waals surface area contributed by atoms with E-state index in [0.29, 0.717) is 11.3 Å². The van der Waals surface area contributed by atoms with Crippen molar-refractivity contribution in [1.29, 1.82) is 0 Å². The second-order valence-electron chi connectivity index (χ2n) is 4.48. The summed E-state index contributed by atoms with van der Waals surface area (Å²) >= 11 is 0. The third-order valence-electron chi connectivity index (χ3n) is 3.13. The fourth-order valence-electron chi connectivity index (χ4n) is 2.10. The lowest BCUT2D eigenvalue weighted by atomic mass is 9.99. The predicted molar refractivity (Wildman–Crippen MR) is 80.0 cm³/mol. The van der Waals surface area contributed by atoms with Crippen LogP contribution in [0.2, 0.25) is 0 Å². The lowest BCUT2D eigenvalue weighted by Crippen LogP contribution is -2.15. The van der Waals surface area contributed by atoms with Crippen molar-refractivity contribution in [1.82, 2.24) is 0 Å². The molecule has 110 valence electrons. The van der Waals surface area contributed by atoms with Crippen LogP contribution in [0, 0.1) is 0 Å². The van der Waals surface area contributed by atoms with E-state index >= 15 is 0 Å². The molecule has 2 aromatic carbocycles. The van der Waals surface area contributed by atoms with Gasteiger partial charge in [-0.1, -0.05) is 36.4 Å². The minimum Gasteiger partial charge on any atom is -0.496 e. The zero-order chi connectivity index (χ0) is 15.2. The smallest absolute Gasteiger partial charge is 0.339 e. The predicted octanol–water partition coefficient (Wildman–Crippen LogP) is 2.96. The molecule has 0 amide bonds. The van der Waals surface area contributed by atoms with Gasteiger partial charge in [0.15, 0.2) is 6.10 Å². The van der Waals surface area contributed by atoms with Crippen LogP contribution in [-0.2, 0) is 9.53 Å². The maximum Gasteiger partial charge on any atom is 0.339 e. The molecule has 0 saturated heterocycles. The summed E-state index contributed by atoms with van der Waals surface area (Å²) in [7, 11) is 1.59. The minimum atomic E-state index is -1.29. The van der Waals surface area contributed by atoms with Crippen LogP contribution in [0.15, 0.2) is 48.5 Å². The molecule has 0 fully saturated rings. The molecule has 1 N–H and O–H groups in total. The average Bonchev–Trinajstić information content (AvgIpc) is 2.54. The number of benzene rings is 2. The molecule has 21 heavy (non-hydrogen) atoms. The standard InChI is InChI=1S/C17H18O4/c1-3-21-17(19)16(18)13-9-10-15(20-2)14(11-13)12-7-5-4-6-8-12/h4-11,16,18H,3H2,1-2H3. The Labute approximate surface area is 123 Å². The molecule has 0 radical (unpaired) electrons. The largest absolute Gasteiger partial charge is 0.496 e. The number of esters is 1. The van der Waals surface area contributed by atoms with E-state index in [-0.39, 0.29) is 6.61 Å². The van der Waals surface area contributed by atoms with Crippen LogP contribution in [0.1, 0.15) is 18.6 Å². The number of aliphatic hydroxyl groups excluding tert-OH is 1. The Morgan fingerprint density at radius 2 is 1.90 bits per heavy atom. The van der Waals surface area contributed by atoms with E-state index in [1.807, 2.05) is 30.3 Å². The fourth-order valence-corrected chi connectivity index (χ4v) is 2.10. The molecular weight excluding hydrogens is 268 g/mol. The van der Waals surface area contributed by atoms with Gasteiger partial charge in [-0.2, -0.15) is 0 Å². The molecule has 1 atom stereocenters. The fraction of sp³-hybridized carbons (Fsp3) is 0.235. The van der Waals surface area contributed by atoms with Crippen molar-refractivity contribution in [3.63, 3.8) is 0 Å². The number of carbonyl (C=O) groups is 1. The lowest BCUT2D eigenvalue weighted by Gasteiger charge is -2.14. The molecule has 2 rings (SSSR count). The molecule has 0 aliphatic carbocycles. The first-order valence-electron chi connectivity index (χ1n) is 6.75. The highest BCUT2D eigenvalue weighted by molar-refractivity contribution is 5.78. The van der Waals surface area contributed by atoms with E-state index in [4.69, 9.17) is 9.47 Å². The number of rotatable bonds is 5. The number of aliphatic hydroxyl groups is 1. The monoisotopic (exact) mass is 286 g/mol. The van der Waals surface area contributed by atoms with Gasteiger partial charge in [0.25, 0.3) is 0 Å². The normalized spacial score (nSPS) is 11.8. The van der Waals surface area contributed by atoms with Crippen molar-refractivity contribution in [2.75, 3.05) is 13.7 Å². The molecule has 0 aliphatic rings. The maximum absolute atomic E-state index is 11.6. The molecule has 0 heterocycles. The molecule has 2 aromatic rings. The van der Waals surface area contributed by atoms with Gasteiger partial charge < -0.3 is 14.6 Å². The molecule has 0 aromatic heterocycles. The summed E-state index contributed by atoms with van der Waals surface area (Å²) in [5.41, 5.74) is 2.25. The van der Waals surface area contributed by atoms with E-state index in [0.717, 1.165) is 11.1 Å². The van der Waals surface area contributed by atoms with Gasteiger partial charge in [0.1, 0.15) is 5.75 Å². The van der Waals surface area contributed by atoms with Gasteiger partial charge in [-0.15, -0.1) is 0 Å². The number of carbonyl (C=O) groups excluding carboxylic acids is 1. The molecule has 4 heteroatoms. The van der Waals surface area contributed by atoms with Gasteiger partial charge >= 0.3 is 5.97 Å². The number of ether oxygens (including phenoxy) is 2.